The second-order valence-electron chi connectivity index (χ2n) is 4.42. The van der Waals surface area contributed by atoms with E-state index in [0.717, 1.165) is 34.8 Å². The second kappa shape index (κ2) is 4.78. The highest BCUT2D eigenvalue weighted by molar-refractivity contribution is 7.98. The van der Waals surface area contributed by atoms with Gasteiger partial charge in [0.15, 0.2) is 0 Å². The molecule has 1 fully saturated rings. The molecule has 0 aromatic heterocycles. The van der Waals surface area contributed by atoms with Gasteiger partial charge >= 0.3 is 0 Å². The van der Waals surface area contributed by atoms with Crippen LogP contribution in [0.1, 0.15) is 18.4 Å². The average Bonchev–Trinajstić information content (AvgIpc) is 3.06. The largest absolute Gasteiger partial charge is 0.496 e. The molecule has 3 nitrogen and oxygen atoms in total. The predicted octanol–water partition coefficient (Wildman–Crippen LogP) is 2.49. The molecule has 0 spiro atoms. The Hall–Kier alpha value is -0.870. The topological polar surface area (TPSA) is 38.7 Å². The van der Waals surface area contributed by atoms with Crippen LogP contribution in [0.25, 0.3) is 0 Å². The molecular formula is C13H18O3S. The fraction of sp³-hybridized carbons (Fsp3) is 0.538. The molecule has 0 amide bonds. The summed E-state index contributed by atoms with van der Waals surface area (Å²) in [4.78, 5) is 1.05. The summed E-state index contributed by atoms with van der Waals surface area (Å²) < 4.78 is 10.7. The summed E-state index contributed by atoms with van der Waals surface area (Å²) >= 11 is 1.62. The molecular weight excluding hydrogens is 236 g/mol. The summed E-state index contributed by atoms with van der Waals surface area (Å²) in [5.41, 5.74) is 0.501. The zero-order valence-corrected chi connectivity index (χ0v) is 11.3. The minimum Gasteiger partial charge on any atom is -0.496 e. The third-order valence-corrected chi connectivity index (χ3v) is 3.89. The first kappa shape index (κ1) is 12.6. The van der Waals surface area contributed by atoms with Gasteiger partial charge in [0.1, 0.15) is 11.5 Å². The van der Waals surface area contributed by atoms with Crippen molar-refractivity contribution < 1.29 is 14.6 Å². The van der Waals surface area contributed by atoms with E-state index >= 15 is 0 Å². The van der Waals surface area contributed by atoms with Crippen LogP contribution < -0.4 is 9.47 Å². The fourth-order valence-corrected chi connectivity index (χ4v) is 2.47. The van der Waals surface area contributed by atoms with Gasteiger partial charge in [0.25, 0.3) is 0 Å². The van der Waals surface area contributed by atoms with E-state index < -0.39 is 5.60 Å². The van der Waals surface area contributed by atoms with Gasteiger partial charge in [-0.2, -0.15) is 0 Å². The Kier molecular flexibility index (Phi) is 3.54. The van der Waals surface area contributed by atoms with Crippen molar-refractivity contribution in [3.63, 3.8) is 0 Å². The molecule has 0 bridgehead atoms. The molecule has 1 saturated carbocycles. The number of ether oxygens (including phenoxy) is 2. The van der Waals surface area contributed by atoms with E-state index in [2.05, 4.69) is 0 Å². The van der Waals surface area contributed by atoms with E-state index in [1.807, 2.05) is 18.4 Å². The van der Waals surface area contributed by atoms with Crippen molar-refractivity contribution in [2.75, 3.05) is 20.5 Å². The zero-order chi connectivity index (χ0) is 12.5. The highest BCUT2D eigenvalue weighted by atomic mass is 32.2. The Labute approximate surface area is 106 Å². The van der Waals surface area contributed by atoms with Crippen molar-refractivity contribution in [1.29, 1.82) is 0 Å². The summed E-state index contributed by atoms with van der Waals surface area (Å²) in [5, 5.41) is 9.99. The first-order valence-corrected chi connectivity index (χ1v) is 6.85. The number of benzene rings is 1. The van der Waals surface area contributed by atoms with Crippen molar-refractivity contribution in [1.82, 2.24) is 0 Å². The molecule has 1 aliphatic carbocycles. The minimum atomic E-state index is -0.515. The van der Waals surface area contributed by atoms with Gasteiger partial charge in [-0.15, -0.1) is 11.8 Å². The van der Waals surface area contributed by atoms with E-state index in [-0.39, 0.29) is 0 Å². The Bertz CT molecular complexity index is 413. The van der Waals surface area contributed by atoms with Crippen LogP contribution in [0.15, 0.2) is 17.0 Å². The lowest BCUT2D eigenvalue weighted by molar-refractivity contribution is 0.150. The number of hydrogen-bond acceptors (Lipinski definition) is 4. The SMILES string of the molecule is COc1cc(SC)c(OC)cc1CC1(O)CC1. The molecule has 0 aliphatic heterocycles. The van der Waals surface area contributed by atoms with E-state index in [0.29, 0.717) is 6.42 Å². The van der Waals surface area contributed by atoms with Crippen LogP contribution in [0.2, 0.25) is 0 Å². The van der Waals surface area contributed by atoms with Crippen molar-refractivity contribution in [3.8, 4) is 11.5 Å². The summed E-state index contributed by atoms with van der Waals surface area (Å²) in [6.45, 7) is 0. The maximum Gasteiger partial charge on any atom is 0.132 e. The van der Waals surface area contributed by atoms with Gasteiger partial charge in [-0.1, -0.05) is 0 Å². The van der Waals surface area contributed by atoms with Gasteiger partial charge in [-0.25, -0.2) is 0 Å². The predicted molar refractivity (Wildman–Crippen MR) is 69.2 cm³/mol. The number of rotatable bonds is 5. The zero-order valence-electron chi connectivity index (χ0n) is 10.4. The smallest absolute Gasteiger partial charge is 0.132 e. The summed E-state index contributed by atoms with van der Waals surface area (Å²) in [5.74, 6) is 1.67. The lowest BCUT2D eigenvalue weighted by Gasteiger charge is -2.15. The molecule has 0 atom stereocenters. The van der Waals surface area contributed by atoms with Gasteiger partial charge in [-0.3, -0.25) is 0 Å². The lowest BCUT2D eigenvalue weighted by atomic mass is 10.0. The van der Waals surface area contributed by atoms with E-state index in [9.17, 15) is 5.11 Å². The van der Waals surface area contributed by atoms with Crippen molar-refractivity contribution in [3.05, 3.63) is 17.7 Å². The number of thioether (sulfide) groups is 1. The Morgan fingerprint density at radius 3 is 2.35 bits per heavy atom. The first-order chi connectivity index (χ1) is 8.11. The second-order valence-corrected chi connectivity index (χ2v) is 5.27. The van der Waals surface area contributed by atoms with E-state index in [1.165, 1.54) is 0 Å². The van der Waals surface area contributed by atoms with Crippen molar-refractivity contribution in [2.24, 2.45) is 0 Å². The van der Waals surface area contributed by atoms with Gasteiger partial charge in [0, 0.05) is 12.0 Å². The molecule has 1 aromatic carbocycles. The number of hydrogen-bond donors (Lipinski definition) is 1. The highest BCUT2D eigenvalue weighted by Crippen LogP contribution is 2.42. The third kappa shape index (κ3) is 2.69. The van der Waals surface area contributed by atoms with Gasteiger partial charge in [0.05, 0.1) is 24.7 Å². The summed E-state index contributed by atoms with van der Waals surface area (Å²) in [6.07, 6.45) is 4.40. The Morgan fingerprint density at radius 1 is 1.24 bits per heavy atom. The van der Waals surface area contributed by atoms with Crippen molar-refractivity contribution >= 4 is 11.8 Å². The van der Waals surface area contributed by atoms with Crippen LogP contribution in [0.5, 0.6) is 11.5 Å². The van der Waals surface area contributed by atoms with Gasteiger partial charge in [-0.05, 0) is 31.2 Å². The van der Waals surface area contributed by atoms with Gasteiger partial charge in [0.2, 0.25) is 0 Å². The molecule has 1 aromatic rings. The number of methoxy groups -OCH3 is 2. The Balaban J connectivity index is 2.35. The van der Waals surface area contributed by atoms with Crippen LogP contribution in [-0.2, 0) is 6.42 Å². The molecule has 0 radical (unpaired) electrons. The van der Waals surface area contributed by atoms with Crippen LogP contribution >= 0.6 is 11.8 Å². The van der Waals surface area contributed by atoms with Crippen LogP contribution in [0.4, 0.5) is 0 Å². The molecule has 1 N–H and O–H groups in total. The molecule has 4 heteroatoms. The lowest BCUT2D eigenvalue weighted by Crippen LogP contribution is -2.11. The third-order valence-electron chi connectivity index (χ3n) is 3.13. The molecule has 0 saturated heterocycles. The van der Waals surface area contributed by atoms with Crippen molar-refractivity contribution in [2.45, 2.75) is 29.8 Å². The van der Waals surface area contributed by atoms with Crippen LogP contribution in [0, 0.1) is 0 Å². The molecule has 1 aliphatic rings. The summed E-state index contributed by atoms with van der Waals surface area (Å²) in [6, 6.07) is 3.95. The standard InChI is InChI=1S/C13H18O3S/c1-15-10-7-12(17-3)11(16-2)6-9(10)8-13(14)4-5-13/h6-7,14H,4-5,8H2,1-3H3. The maximum atomic E-state index is 9.99. The summed E-state index contributed by atoms with van der Waals surface area (Å²) in [7, 11) is 3.32. The quantitative estimate of drug-likeness (QED) is 0.819. The van der Waals surface area contributed by atoms with E-state index in [4.69, 9.17) is 9.47 Å². The molecule has 0 heterocycles. The maximum absolute atomic E-state index is 9.99. The van der Waals surface area contributed by atoms with Crippen LogP contribution in [-0.4, -0.2) is 31.2 Å². The van der Waals surface area contributed by atoms with E-state index in [1.54, 1.807) is 26.0 Å². The molecule has 2 rings (SSSR count). The molecule has 94 valence electrons. The molecule has 0 unspecified atom stereocenters. The average molecular weight is 254 g/mol. The Morgan fingerprint density at radius 2 is 1.88 bits per heavy atom. The fourth-order valence-electron chi connectivity index (χ4n) is 1.91. The minimum absolute atomic E-state index is 0.515. The van der Waals surface area contributed by atoms with Gasteiger partial charge < -0.3 is 14.6 Å². The first-order valence-electron chi connectivity index (χ1n) is 5.63. The number of aliphatic hydroxyl groups is 1. The monoisotopic (exact) mass is 254 g/mol. The normalized spacial score (nSPS) is 16.7. The highest BCUT2D eigenvalue weighted by Gasteiger charge is 2.41. The molecule has 17 heavy (non-hydrogen) atoms. The van der Waals surface area contributed by atoms with Crippen LogP contribution in [0.3, 0.4) is 0 Å².